The summed E-state index contributed by atoms with van der Waals surface area (Å²) in [5, 5.41) is 8.76. The van der Waals surface area contributed by atoms with Crippen LogP contribution >= 0.6 is 11.6 Å². The molecule has 1 heterocycles. The van der Waals surface area contributed by atoms with Crippen molar-refractivity contribution in [2.24, 2.45) is 0 Å². The highest BCUT2D eigenvalue weighted by atomic mass is 35.5. The second-order valence-corrected chi connectivity index (χ2v) is 5.09. The molecule has 0 aliphatic heterocycles. The predicted octanol–water partition coefficient (Wildman–Crippen LogP) is 3.34. The molecule has 0 amide bonds. The second kappa shape index (κ2) is 3.78. The van der Waals surface area contributed by atoms with E-state index in [9.17, 15) is 0 Å². The van der Waals surface area contributed by atoms with E-state index in [0.717, 1.165) is 12.2 Å². The van der Waals surface area contributed by atoms with Crippen molar-refractivity contribution in [3.63, 3.8) is 0 Å². The van der Waals surface area contributed by atoms with E-state index in [1.54, 1.807) is 0 Å². The number of aromatic nitrogens is 3. The lowest BCUT2D eigenvalue weighted by Gasteiger charge is -2.43. The van der Waals surface area contributed by atoms with E-state index in [2.05, 4.69) is 35.5 Å². The van der Waals surface area contributed by atoms with Crippen LogP contribution in [0.1, 0.15) is 58.2 Å². The van der Waals surface area contributed by atoms with Gasteiger partial charge in [-0.15, -0.1) is 10.2 Å². The van der Waals surface area contributed by atoms with Crippen molar-refractivity contribution in [2.75, 3.05) is 0 Å². The van der Waals surface area contributed by atoms with Gasteiger partial charge in [-0.25, -0.2) is 0 Å². The molecule has 0 spiro atoms. The molecule has 1 fully saturated rings. The molecule has 4 heteroatoms. The van der Waals surface area contributed by atoms with Crippen LogP contribution < -0.4 is 0 Å². The summed E-state index contributed by atoms with van der Waals surface area (Å²) in [6.45, 7) is 6.50. The Kier molecular flexibility index (Phi) is 2.75. The van der Waals surface area contributed by atoms with Crippen molar-refractivity contribution in [1.29, 1.82) is 0 Å². The van der Waals surface area contributed by atoms with Gasteiger partial charge in [0.05, 0.1) is 0 Å². The Balaban J connectivity index is 2.45. The Hall–Kier alpha value is -0.570. The molecule has 1 aliphatic rings. The normalized spacial score (nSPS) is 19.3. The van der Waals surface area contributed by atoms with Gasteiger partial charge in [0.2, 0.25) is 5.28 Å². The molecule has 0 saturated heterocycles. The zero-order valence-electron chi connectivity index (χ0n) is 9.63. The van der Waals surface area contributed by atoms with Gasteiger partial charge in [0, 0.05) is 11.5 Å². The molecule has 1 saturated carbocycles. The highest BCUT2D eigenvalue weighted by Crippen LogP contribution is 2.44. The van der Waals surface area contributed by atoms with E-state index >= 15 is 0 Å². The first-order chi connectivity index (χ1) is 7.10. The standard InChI is InChI=1S/C11H18ClN3/c1-4-11(6-5-7-11)15-9(8(2)3)13-14-10(15)12/h8H,4-7H2,1-3H3. The molecule has 0 radical (unpaired) electrons. The monoisotopic (exact) mass is 227 g/mol. The number of halogens is 1. The highest BCUT2D eigenvalue weighted by molar-refractivity contribution is 6.28. The summed E-state index contributed by atoms with van der Waals surface area (Å²) in [6, 6.07) is 0. The van der Waals surface area contributed by atoms with Crippen LogP contribution in [0.25, 0.3) is 0 Å². The first-order valence-corrected chi connectivity index (χ1v) is 6.10. The fraction of sp³-hybridized carbons (Fsp3) is 0.818. The maximum absolute atomic E-state index is 6.15. The topological polar surface area (TPSA) is 30.7 Å². The van der Waals surface area contributed by atoms with E-state index < -0.39 is 0 Å². The van der Waals surface area contributed by atoms with Gasteiger partial charge in [-0.3, -0.25) is 4.57 Å². The minimum Gasteiger partial charge on any atom is -0.295 e. The van der Waals surface area contributed by atoms with Gasteiger partial charge in [0.15, 0.2) is 0 Å². The fourth-order valence-corrected chi connectivity index (χ4v) is 2.71. The lowest BCUT2D eigenvalue weighted by Crippen LogP contribution is -2.41. The molecular weight excluding hydrogens is 210 g/mol. The number of nitrogens with zero attached hydrogens (tertiary/aromatic N) is 3. The zero-order valence-corrected chi connectivity index (χ0v) is 10.4. The van der Waals surface area contributed by atoms with Crippen LogP contribution in [-0.4, -0.2) is 14.8 Å². The van der Waals surface area contributed by atoms with E-state index in [1.807, 2.05) is 0 Å². The van der Waals surface area contributed by atoms with Gasteiger partial charge >= 0.3 is 0 Å². The molecular formula is C11H18ClN3. The van der Waals surface area contributed by atoms with Crippen LogP contribution in [0.5, 0.6) is 0 Å². The Morgan fingerprint density at radius 1 is 1.40 bits per heavy atom. The average Bonchev–Trinajstić information content (AvgIpc) is 2.48. The van der Waals surface area contributed by atoms with Crippen LogP contribution in [0, 0.1) is 0 Å². The molecule has 2 rings (SSSR count). The second-order valence-electron chi connectivity index (χ2n) is 4.75. The SMILES string of the molecule is CCC1(n2c(Cl)nnc2C(C)C)CCC1. The van der Waals surface area contributed by atoms with Crippen LogP contribution in [0.2, 0.25) is 5.28 Å². The van der Waals surface area contributed by atoms with Crippen molar-refractivity contribution in [3.8, 4) is 0 Å². The van der Waals surface area contributed by atoms with E-state index in [-0.39, 0.29) is 5.54 Å². The fourth-order valence-electron chi connectivity index (χ4n) is 2.41. The zero-order chi connectivity index (χ0) is 11.1. The number of hydrogen-bond acceptors (Lipinski definition) is 2. The van der Waals surface area contributed by atoms with E-state index in [1.165, 1.54) is 19.3 Å². The Morgan fingerprint density at radius 2 is 2.07 bits per heavy atom. The van der Waals surface area contributed by atoms with E-state index in [0.29, 0.717) is 11.2 Å². The van der Waals surface area contributed by atoms with Gasteiger partial charge < -0.3 is 0 Å². The third kappa shape index (κ3) is 1.57. The predicted molar refractivity (Wildman–Crippen MR) is 61.2 cm³/mol. The minimum absolute atomic E-state index is 0.209. The molecule has 0 unspecified atom stereocenters. The summed E-state index contributed by atoms with van der Waals surface area (Å²) >= 11 is 6.15. The van der Waals surface area contributed by atoms with Crippen molar-refractivity contribution in [2.45, 2.75) is 57.9 Å². The summed E-state index contributed by atoms with van der Waals surface area (Å²) in [5.74, 6) is 1.41. The molecule has 84 valence electrons. The summed E-state index contributed by atoms with van der Waals surface area (Å²) < 4.78 is 2.17. The number of hydrogen-bond donors (Lipinski definition) is 0. The lowest BCUT2D eigenvalue weighted by molar-refractivity contribution is 0.130. The third-order valence-corrected chi connectivity index (χ3v) is 3.83. The summed E-state index contributed by atoms with van der Waals surface area (Å²) in [5.41, 5.74) is 0.209. The minimum atomic E-state index is 0.209. The number of rotatable bonds is 3. The van der Waals surface area contributed by atoms with Crippen LogP contribution in [-0.2, 0) is 5.54 Å². The van der Waals surface area contributed by atoms with E-state index in [4.69, 9.17) is 11.6 Å². The van der Waals surface area contributed by atoms with Gasteiger partial charge in [-0.2, -0.15) is 0 Å². The molecule has 1 aliphatic carbocycles. The van der Waals surface area contributed by atoms with Crippen LogP contribution in [0.4, 0.5) is 0 Å². The third-order valence-electron chi connectivity index (χ3n) is 3.58. The molecule has 0 bridgehead atoms. The smallest absolute Gasteiger partial charge is 0.225 e. The maximum Gasteiger partial charge on any atom is 0.225 e. The first kappa shape index (κ1) is 10.9. The lowest BCUT2D eigenvalue weighted by atomic mass is 9.74. The largest absolute Gasteiger partial charge is 0.295 e. The Bertz CT molecular complexity index is 347. The maximum atomic E-state index is 6.15. The van der Waals surface area contributed by atoms with Gasteiger partial charge in [-0.1, -0.05) is 20.8 Å². The Morgan fingerprint density at radius 3 is 2.47 bits per heavy atom. The quantitative estimate of drug-likeness (QED) is 0.793. The van der Waals surface area contributed by atoms with Crippen molar-refractivity contribution < 1.29 is 0 Å². The first-order valence-electron chi connectivity index (χ1n) is 5.72. The van der Waals surface area contributed by atoms with Crippen LogP contribution in [0.15, 0.2) is 0 Å². The van der Waals surface area contributed by atoms with Gasteiger partial charge in [0.25, 0.3) is 0 Å². The average molecular weight is 228 g/mol. The highest BCUT2D eigenvalue weighted by Gasteiger charge is 2.40. The summed E-state index contributed by atoms with van der Waals surface area (Å²) in [6.07, 6.45) is 4.83. The summed E-state index contributed by atoms with van der Waals surface area (Å²) in [7, 11) is 0. The van der Waals surface area contributed by atoms with Crippen molar-refractivity contribution >= 4 is 11.6 Å². The molecule has 1 aromatic rings. The molecule has 0 aromatic carbocycles. The van der Waals surface area contributed by atoms with Crippen molar-refractivity contribution in [3.05, 3.63) is 11.1 Å². The molecule has 15 heavy (non-hydrogen) atoms. The van der Waals surface area contributed by atoms with Crippen LogP contribution in [0.3, 0.4) is 0 Å². The molecule has 0 N–H and O–H groups in total. The van der Waals surface area contributed by atoms with Gasteiger partial charge in [-0.05, 0) is 37.3 Å². The molecule has 1 aromatic heterocycles. The molecule has 0 atom stereocenters. The molecule has 3 nitrogen and oxygen atoms in total. The van der Waals surface area contributed by atoms with Crippen molar-refractivity contribution in [1.82, 2.24) is 14.8 Å². The van der Waals surface area contributed by atoms with Gasteiger partial charge in [0.1, 0.15) is 5.82 Å². The Labute approximate surface area is 95.8 Å². The summed E-state index contributed by atoms with van der Waals surface area (Å²) in [4.78, 5) is 0.